The van der Waals surface area contributed by atoms with Crippen LogP contribution in [0.25, 0.3) is 0 Å². The predicted molar refractivity (Wildman–Crippen MR) is 95.8 cm³/mol. The fourth-order valence-corrected chi connectivity index (χ4v) is 3.12. The Hall–Kier alpha value is -1.89. The topological polar surface area (TPSA) is 75.3 Å². The average molecular weight is 367 g/mol. The summed E-state index contributed by atoms with van der Waals surface area (Å²) >= 11 is 5.73. The van der Waals surface area contributed by atoms with Gasteiger partial charge >= 0.3 is 0 Å². The minimum atomic E-state index is -3.75. The van der Waals surface area contributed by atoms with E-state index in [2.05, 4.69) is 23.9 Å². The van der Waals surface area contributed by atoms with Gasteiger partial charge in [-0.1, -0.05) is 37.6 Å². The van der Waals surface area contributed by atoms with E-state index in [0.29, 0.717) is 16.6 Å². The monoisotopic (exact) mass is 366 g/mol. The Balaban J connectivity index is 1.93. The molecular weight excluding hydrogens is 348 g/mol. The molecule has 0 bridgehead atoms. The van der Waals surface area contributed by atoms with Gasteiger partial charge < -0.3 is 5.32 Å². The third-order valence-electron chi connectivity index (χ3n) is 3.41. The molecule has 0 aliphatic carbocycles. The molecule has 0 radical (unpaired) electrons. The maximum absolute atomic E-state index is 12.1. The number of hydrogen-bond acceptors (Lipinski definition) is 3. The molecule has 7 heteroatoms. The van der Waals surface area contributed by atoms with E-state index in [1.54, 1.807) is 12.1 Å². The highest BCUT2D eigenvalue weighted by atomic mass is 35.5. The van der Waals surface area contributed by atoms with Crippen LogP contribution in [0.3, 0.4) is 0 Å². The van der Waals surface area contributed by atoms with Crippen molar-refractivity contribution >= 4 is 33.2 Å². The lowest BCUT2D eigenvalue weighted by molar-refractivity contribution is -0.115. The smallest absolute Gasteiger partial charge is 0.241 e. The van der Waals surface area contributed by atoms with Crippen molar-refractivity contribution in [3.63, 3.8) is 0 Å². The van der Waals surface area contributed by atoms with E-state index in [1.165, 1.54) is 24.3 Å². The van der Waals surface area contributed by atoms with Crippen molar-refractivity contribution in [2.45, 2.75) is 24.7 Å². The van der Waals surface area contributed by atoms with Crippen LogP contribution in [0, 0.1) is 0 Å². The van der Waals surface area contributed by atoms with E-state index in [4.69, 9.17) is 11.6 Å². The van der Waals surface area contributed by atoms with Gasteiger partial charge in [-0.05, 0) is 47.9 Å². The number of carbonyl (C=O) groups is 1. The minimum Gasteiger partial charge on any atom is -0.325 e. The van der Waals surface area contributed by atoms with Crippen LogP contribution in [0.4, 0.5) is 5.69 Å². The highest BCUT2D eigenvalue weighted by Crippen LogP contribution is 2.17. The number of nitrogens with one attached hydrogen (secondary N) is 2. The lowest BCUT2D eigenvalue weighted by Gasteiger charge is -2.09. The summed E-state index contributed by atoms with van der Waals surface area (Å²) in [5.41, 5.74) is 1.78. The molecule has 0 atom stereocenters. The van der Waals surface area contributed by atoms with Crippen LogP contribution >= 0.6 is 11.6 Å². The number of carbonyl (C=O) groups excluding carboxylic acids is 1. The van der Waals surface area contributed by atoms with Crippen LogP contribution < -0.4 is 10.0 Å². The second-order valence-electron chi connectivity index (χ2n) is 5.60. The summed E-state index contributed by atoms with van der Waals surface area (Å²) < 4.78 is 26.4. The Morgan fingerprint density at radius 3 is 2.17 bits per heavy atom. The molecule has 2 N–H and O–H groups in total. The standard InChI is InChI=1S/C17H19ClN2O3S/c1-12(2)13-3-7-15(8-4-13)20-17(21)11-19-24(22,23)16-9-5-14(18)6-10-16/h3-10,12,19H,11H2,1-2H3,(H,20,21). The van der Waals surface area contributed by atoms with E-state index in [-0.39, 0.29) is 11.4 Å². The van der Waals surface area contributed by atoms with Gasteiger partial charge in [0.1, 0.15) is 0 Å². The molecule has 2 aromatic rings. The second kappa shape index (κ2) is 7.79. The van der Waals surface area contributed by atoms with Gasteiger partial charge in [0.15, 0.2) is 0 Å². The number of hydrogen-bond donors (Lipinski definition) is 2. The zero-order chi connectivity index (χ0) is 17.7. The van der Waals surface area contributed by atoms with Crippen molar-refractivity contribution in [1.29, 1.82) is 0 Å². The number of rotatable bonds is 6. The van der Waals surface area contributed by atoms with Crippen LogP contribution in [-0.2, 0) is 14.8 Å². The van der Waals surface area contributed by atoms with Gasteiger partial charge in [0, 0.05) is 10.7 Å². The van der Waals surface area contributed by atoms with Crippen LogP contribution in [0.2, 0.25) is 5.02 Å². The summed E-state index contributed by atoms with van der Waals surface area (Å²) in [6, 6.07) is 13.2. The van der Waals surface area contributed by atoms with Crippen molar-refractivity contribution in [2.75, 3.05) is 11.9 Å². The summed E-state index contributed by atoms with van der Waals surface area (Å²) in [6.07, 6.45) is 0. The number of sulfonamides is 1. The summed E-state index contributed by atoms with van der Waals surface area (Å²) in [5, 5.41) is 3.10. The van der Waals surface area contributed by atoms with Crippen molar-refractivity contribution < 1.29 is 13.2 Å². The summed E-state index contributed by atoms with van der Waals surface area (Å²) in [5.74, 6) is -0.0363. The molecule has 0 saturated carbocycles. The molecule has 1 amide bonds. The van der Waals surface area contributed by atoms with E-state index in [1.807, 2.05) is 12.1 Å². The highest BCUT2D eigenvalue weighted by molar-refractivity contribution is 7.89. The third-order valence-corrected chi connectivity index (χ3v) is 5.08. The first-order chi connectivity index (χ1) is 11.3. The van der Waals surface area contributed by atoms with Gasteiger partial charge in [-0.2, -0.15) is 0 Å². The molecule has 5 nitrogen and oxygen atoms in total. The van der Waals surface area contributed by atoms with Gasteiger partial charge in [-0.3, -0.25) is 4.79 Å². The average Bonchev–Trinajstić information content (AvgIpc) is 2.54. The summed E-state index contributed by atoms with van der Waals surface area (Å²) in [6.45, 7) is 3.81. The van der Waals surface area contributed by atoms with Gasteiger partial charge in [0.2, 0.25) is 15.9 Å². The second-order valence-corrected chi connectivity index (χ2v) is 7.81. The Labute approximate surface area is 147 Å². The molecule has 2 rings (SSSR count). The number of halogens is 1. The quantitative estimate of drug-likeness (QED) is 0.822. The fraction of sp³-hybridized carbons (Fsp3) is 0.235. The normalized spacial score (nSPS) is 11.5. The van der Waals surface area contributed by atoms with Crippen molar-refractivity contribution in [3.05, 3.63) is 59.1 Å². The first kappa shape index (κ1) is 18.4. The zero-order valence-corrected chi connectivity index (χ0v) is 15.0. The Bertz CT molecular complexity index is 801. The van der Waals surface area contributed by atoms with E-state index in [0.717, 1.165) is 5.56 Å². The molecular formula is C17H19ClN2O3S. The maximum Gasteiger partial charge on any atom is 0.241 e. The minimum absolute atomic E-state index is 0.0565. The molecule has 0 aliphatic heterocycles. The molecule has 0 aliphatic rings. The van der Waals surface area contributed by atoms with Crippen molar-refractivity contribution in [3.8, 4) is 0 Å². The van der Waals surface area contributed by atoms with Crippen molar-refractivity contribution in [1.82, 2.24) is 4.72 Å². The van der Waals surface area contributed by atoms with Crippen LogP contribution in [0.1, 0.15) is 25.3 Å². The Kier molecular flexibility index (Phi) is 5.99. The van der Waals surface area contributed by atoms with E-state index < -0.39 is 15.9 Å². The third kappa shape index (κ3) is 5.06. The van der Waals surface area contributed by atoms with Crippen LogP contribution in [-0.4, -0.2) is 20.9 Å². The fourth-order valence-electron chi connectivity index (χ4n) is 2.01. The largest absolute Gasteiger partial charge is 0.325 e. The molecule has 0 aromatic heterocycles. The van der Waals surface area contributed by atoms with Crippen molar-refractivity contribution in [2.24, 2.45) is 0 Å². The lowest BCUT2D eigenvalue weighted by Crippen LogP contribution is -2.32. The maximum atomic E-state index is 12.1. The van der Waals surface area contributed by atoms with Gasteiger partial charge in [-0.25, -0.2) is 13.1 Å². The zero-order valence-electron chi connectivity index (χ0n) is 13.4. The number of benzene rings is 2. The lowest BCUT2D eigenvalue weighted by atomic mass is 10.0. The van der Waals surface area contributed by atoms with Gasteiger partial charge in [-0.15, -0.1) is 0 Å². The molecule has 0 saturated heterocycles. The summed E-state index contributed by atoms with van der Waals surface area (Å²) in [7, 11) is -3.75. The molecule has 24 heavy (non-hydrogen) atoms. The number of anilines is 1. The first-order valence-electron chi connectivity index (χ1n) is 7.43. The van der Waals surface area contributed by atoms with Gasteiger partial charge in [0.25, 0.3) is 0 Å². The van der Waals surface area contributed by atoms with E-state index in [9.17, 15) is 13.2 Å². The van der Waals surface area contributed by atoms with E-state index >= 15 is 0 Å². The number of amides is 1. The van der Waals surface area contributed by atoms with Gasteiger partial charge in [0.05, 0.1) is 11.4 Å². The molecule has 2 aromatic carbocycles. The molecule has 128 valence electrons. The van der Waals surface area contributed by atoms with Crippen LogP contribution in [0.15, 0.2) is 53.4 Å². The first-order valence-corrected chi connectivity index (χ1v) is 9.29. The molecule has 0 unspecified atom stereocenters. The van der Waals surface area contributed by atoms with Crippen LogP contribution in [0.5, 0.6) is 0 Å². The molecule has 0 spiro atoms. The highest BCUT2D eigenvalue weighted by Gasteiger charge is 2.15. The predicted octanol–water partition coefficient (Wildman–Crippen LogP) is 3.38. The Morgan fingerprint density at radius 2 is 1.62 bits per heavy atom. The Morgan fingerprint density at radius 1 is 1.04 bits per heavy atom. The summed E-state index contributed by atoms with van der Waals surface area (Å²) in [4.78, 5) is 12.0. The molecule has 0 heterocycles. The molecule has 0 fully saturated rings. The SMILES string of the molecule is CC(C)c1ccc(NC(=O)CNS(=O)(=O)c2ccc(Cl)cc2)cc1.